The zero-order chi connectivity index (χ0) is 16.7. The molecule has 0 radical (unpaired) electrons. The highest BCUT2D eigenvalue weighted by Gasteiger charge is 2.21. The van der Waals surface area contributed by atoms with E-state index in [1.165, 1.54) is 31.2 Å². The van der Waals surface area contributed by atoms with Crippen molar-refractivity contribution >= 4 is 23.8 Å². The Hall–Kier alpha value is -2.90. The van der Waals surface area contributed by atoms with Gasteiger partial charge in [-0.1, -0.05) is 6.07 Å². The van der Waals surface area contributed by atoms with Crippen LogP contribution in [0.1, 0.15) is 30.1 Å². The number of amides is 1. The maximum atomic E-state index is 12.0. The summed E-state index contributed by atoms with van der Waals surface area (Å²) in [5.41, 5.74) is 0.0975. The zero-order valence-electron chi connectivity index (χ0n) is 11.7. The Labute approximate surface area is 125 Å². The number of nitrogens with one attached hydrogen (secondary N) is 1. The molecule has 0 unspecified atom stereocenters. The lowest BCUT2D eigenvalue weighted by Crippen LogP contribution is -2.41. The molecule has 0 saturated heterocycles. The summed E-state index contributed by atoms with van der Waals surface area (Å²) < 4.78 is 4.82. The van der Waals surface area contributed by atoms with Crippen molar-refractivity contribution in [2.75, 3.05) is 0 Å². The van der Waals surface area contributed by atoms with Crippen molar-refractivity contribution in [1.29, 1.82) is 0 Å². The molecule has 22 heavy (non-hydrogen) atoms. The van der Waals surface area contributed by atoms with E-state index in [0.717, 1.165) is 0 Å². The fourth-order valence-electron chi connectivity index (χ4n) is 1.63. The number of hydrogen-bond donors (Lipinski definition) is 3. The Kier molecular flexibility index (Phi) is 6.06. The van der Waals surface area contributed by atoms with Gasteiger partial charge < -0.3 is 20.3 Å². The van der Waals surface area contributed by atoms with E-state index in [4.69, 9.17) is 14.9 Å². The Balaban J connectivity index is 2.79. The molecule has 8 nitrogen and oxygen atoms in total. The number of carboxylic acids is 2. The maximum Gasteiger partial charge on any atom is 0.326 e. The third-order valence-electron chi connectivity index (χ3n) is 2.61. The van der Waals surface area contributed by atoms with E-state index in [-0.39, 0.29) is 24.2 Å². The number of benzene rings is 1. The number of carbonyl (C=O) groups excluding carboxylic acids is 2. The average Bonchev–Trinajstić information content (AvgIpc) is 2.42. The number of carboxylic acid groups (broad SMARTS) is 2. The molecule has 0 aliphatic carbocycles. The van der Waals surface area contributed by atoms with Crippen molar-refractivity contribution < 1.29 is 34.1 Å². The average molecular weight is 309 g/mol. The maximum absolute atomic E-state index is 12.0. The summed E-state index contributed by atoms with van der Waals surface area (Å²) in [5, 5.41) is 19.8. The first-order valence-electron chi connectivity index (χ1n) is 6.33. The molecule has 1 aromatic rings. The fraction of sp³-hybridized carbons (Fsp3) is 0.286. The number of esters is 1. The highest BCUT2D eigenvalue weighted by atomic mass is 16.5. The van der Waals surface area contributed by atoms with E-state index in [1.807, 2.05) is 0 Å². The Morgan fingerprint density at radius 2 is 1.91 bits per heavy atom. The summed E-state index contributed by atoms with van der Waals surface area (Å²) in [7, 11) is 0. The van der Waals surface area contributed by atoms with Gasteiger partial charge in [0.25, 0.3) is 5.91 Å². The van der Waals surface area contributed by atoms with E-state index >= 15 is 0 Å². The van der Waals surface area contributed by atoms with Crippen LogP contribution in [-0.2, 0) is 14.4 Å². The van der Waals surface area contributed by atoms with Gasteiger partial charge in [-0.15, -0.1) is 0 Å². The minimum absolute atomic E-state index is 0.0975. The van der Waals surface area contributed by atoms with E-state index in [9.17, 15) is 19.2 Å². The second-order valence-electron chi connectivity index (χ2n) is 4.42. The number of hydrogen-bond acceptors (Lipinski definition) is 5. The third-order valence-corrected chi connectivity index (χ3v) is 2.61. The Bertz CT molecular complexity index is 597. The molecule has 0 spiro atoms. The first-order chi connectivity index (χ1) is 10.3. The molecule has 1 aromatic carbocycles. The Morgan fingerprint density at radius 1 is 1.23 bits per heavy atom. The molecule has 0 heterocycles. The largest absolute Gasteiger partial charge is 0.481 e. The van der Waals surface area contributed by atoms with Crippen LogP contribution in [-0.4, -0.2) is 40.1 Å². The molecule has 0 saturated carbocycles. The summed E-state index contributed by atoms with van der Waals surface area (Å²) in [5.74, 6) is -3.59. The predicted octanol–water partition coefficient (Wildman–Crippen LogP) is 0.660. The van der Waals surface area contributed by atoms with Crippen LogP contribution in [0.25, 0.3) is 0 Å². The van der Waals surface area contributed by atoms with Crippen molar-refractivity contribution in [3.05, 3.63) is 29.8 Å². The summed E-state index contributed by atoms with van der Waals surface area (Å²) in [6.07, 6.45) is -0.620. The smallest absolute Gasteiger partial charge is 0.326 e. The molecule has 8 heteroatoms. The number of ether oxygens (including phenoxy) is 1. The first-order valence-corrected chi connectivity index (χ1v) is 6.33. The van der Waals surface area contributed by atoms with Gasteiger partial charge in [0.15, 0.2) is 0 Å². The lowest BCUT2D eigenvalue weighted by atomic mass is 10.1. The van der Waals surface area contributed by atoms with E-state index < -0.39 is 29.9 Å². The molecule has 0 fully saturated rings. The fourth-order valence-corrected chi connectivity index (χ4v) is 1.63. The normalized spacial score (nSPS) is 11.3. The number of aliphatic carboxylic acids is 2. The molecule has 118 valence electrons. The van der Waals surface area contributed by atoms with Crippen molar-refractivity contribution in [2.24, 2.45) is 0 Å². The molecular weight excluding hydrogens is 294 g/mol. The molecule has 0 bridgehead atoms. The SMILES string of the molecule is CC(=O)Oc1cccc(C(=O)N[C@@H](CCC(=O)O)C(=O)O)c1. The Morgan fingerprint density at radius 3 is 2.45 bits per heavy atom. The van der Waals surface area contributed by atoms with Crippen LogP contribution in [0, 0.1) is 0 Å². The van der Waals surface area contributed by atoms with E-state index in [0.29, 0.717) is 0 Å². The monoisotopic (exact) mass is 309 g/mol. The third kappa shape index (κ3) is 5.61. The first kappa shape index (κ1) is 17.2. The molecule has 1 rings (SSSR count). The van der Waals surface area contributed by atoms with Crippen LogP contribution in [0.4, 0.5) is 0 Å². The van der Waals surface area contributed by atoms with Gasteiger partial charge in [-0.05, 0) is 24.6 Å². The second kappa shape index (κ2) is 7.77. The van der Waals surface area contributed by atoms with Gasteiger partial charge in [0, 0.05) is 18.9 Å². The van der Waals surface area contributed by atoms with Crippen LogP contribution in [0.15, 0.2) is 24.3 Å². The van der Waals surface area contributed by atoms with E-state index in [1.54, 1.807) is 0 Å². The standard InChI is InChI=1S/C14H15NO7/c1-8(16)22-10-4-2-3-9(7-10)13(19)15-11(14(20)21)5-6-12(17)18/h2-4,7,11H,5-6H2,1H3,(H,15,19)(H,17,18)(H,20,21)/t11-/m0/s1. The van der Waals surface area contributed by atoms with Crippen molar-refractivity contribution in [1.82, 2.24) is 5.32 Å². The van der Waals surface area contributed by atoms with Crippen LogP contribution in [0.3, 0.4) is 0 Å². The lowest BCUT2D eigenvalue weighted by molar-refractivity contribution is -0.140. The molecule has 0 aliphatic rings. The highest BCUT2D eigenvalue weighted by molar-refractivity contribution is 5.97. The molecular formula is C14H15NO7. The highest BCUT2D eigenvalue weighted by Crippen LogP contribution is 2.14. The number of rotatable bonds is 7. The summed E-state index contributed by atoms with van der Waals surface area (Å²) >= 11 is 0. The molecule has 0 aliphatic heterocycles. The zero-order valence-corrected chi connectivity index (χ0v) is 11.7. The second-order valence-corrected chi connectivity index (χ2v) is 4.42. The van der Waals surface area contributed by atoms with Gasteiger partial charge in [-0.2, -0.15) is 0 Å². The topological polar surface area (TPSA) is 130 Å². The van der Waals surface area contributed by atoms with Gasteiger partial charge >= 0.3 is 17.9 Å². The van der Waals surface area contributed by atoms with Crippen LogP contribution in [0.5, 0.6) is 5.75 Å². The van der Waals surface area contributed by atoms with Crippen molar-refractivity contribution in [2.45, 2.75) is 25.8 Å². The van der Waals surface area contributed by atoms with Crippen molar-refractivity contribution in [3.8, 4) is 5.75 Å². The van der Waals surface area contributed by atoms with Gasteiger partial charge in [-0.25, -0.2) is 4.79 Å². The van der Waals surface area contributed by atoms with Gasteiger partial charge in [0.2, 0.25) is 0 Å². The predicted molar refractivity (Wildman–Crippen MR) is 73.5 cm³/mol. The minimum atomic E-state index is -1.33. The van der Waals surface area contributed by atoms with E-state index in [2.05, 4.69) is 5.32 Å². The van der Waals surface area contributed by atoms with Crippen LogP contribution >= 0.6 is 0 Å². The molecule has 0 aromatic heterocycles. The number of carbonyl (C=O) groups is 4. The molecule has 1 atom stereocenters. The van der Waals surface area contributed by atoms with Gasteiger partial charge in [0.1, 0.15) is 11.8 Å². The summed E-state index contributed by atoms with van der Waals surface area (Å²) in [4.78, 5) is 44.3. The summed E-state index contributed by atoms with van der Waals surface area (Å²) in [6, 6.07) is 4.32. The molecule has 3 N–H and O–H groups in total. The quantitative estimate of drug-likeness (QED) is 0.498. The summed E-state index contributed by atoms with van der Waals surface area (Å²) in [6.45, 7) is 1.21. The van der Waals surface area contributed by atoms with Gasteiger partial charge in [0.05, 0.1) is 0 Å². The van der Waals surface area contributed by atoms with Crippen molar-refractivity contribution in [3.63, 3.8) is 0 Å². The van der Waals surface area contributed by atoms with Crippen LogP contribution < -0.4 is 10.1 Å². The van der Waals surface area contributed by atoms with Crippen LogP contribution in [0.2, 0.25) is 0 Å². The van der Waals surface area contributed by atoms with Gasteiger partial charge in [-0.3, -0.25) is 14.4 Å². The molecule has 1 amide bonds. The lowest BCUT2D eigenvalue weighted by Gasteiger charge is -2.13. The minimum Gasteiger partial charge on any atom is -0.481 e.